The number of carbonyl (C=O) groups excluding carboxylic acids is 1. The van der Waals surface area contributed by atoms with Crippen LogP contribution in [0.2, 0.25) is 0 Å². The van der Waals surface area contributed by atoms with E-state index in [0.29, 0.717) is 12.1 Å². The fourth-order valence-electron chi connectivity index (χ4n) is 1.98. The van der Waals surface area contributed by atoms with E-state index in [4.69, 9.17) is 6.42 Å². The van der Waals surface area contributed by atoms with Crippen LogP contribution < -0.4 is 4.72 Å². The Bertz CT molecular complexity index is 885. The smallest absolute Gasteiger partial charge is 0.253 e. The second-order valence-corrected chi connectivity index (χ2v) is 9.24. The summed E-state index contributed by atoms with van der Waals surface area (Å²) in [6.07, 6.45) is 5.07. The zero-order valence-corrected chi connectivity index (χ0v) is 16.0. The van der Waals surface area contributed by atoms with Crippen molar-refractivity contribution in [3.05, 3.63) is 50.6 Å². The van der Waals surface area contributed by atoms with Crippen molar-refractivity contribution >= 4 is 43.2 Å². The number of nitrogens with zero attached hydrogens (tertiary/aromatic N) is 1. The maximum Gasteiger partial charge on any atom is 0.253 e. The van der Waals surface area contributed by atoms with Gasteiger partial charge in [-0.3, -0.25) is 4.79 Å². The summed E-state index contributed by atoms with van der Waals surface area (Å²) in [5.41, 5.74) is 0.303. The molecule has 1 aromatic carbocycles. The van der Waals surface area contributed by atoms with E-state index in [2.05, 4.69) is 26.6 Å². The van der Waals surface area contributed by atoms with E-state index >= 15 is 0 Å². The van der Waals surface area contributed by atoms with E-state index in [1.165, 1.54) is 18.2 Å². The predicted octanol–water partition coefficient (Wildman–Crippen LogP) is 2.69. The summed E-state index contributed by atoms with van der Waals surface area (Å²) in [6.45, 7) is 0.342. The molecule has 0 aliphatic heterocycles. The summed E-state index contributed by atoms with van der Waals surface area (Å²) >= 11 is 4.93. The summed E-state index contributed by atoms with van der Waals surface area (Å²) in [7, 11) is -2.05. The molecule has 0 unspecified atom stereocenters. The lowest BCUT2D eigenvalue weighted by Gasteiger charge is -2.16. The first kappa shape index (κ1) is 18.7. The molecule has 0 fully saturated rings. The molecule has 1 aromatic heterocycles. The van der Waals surface area contributed by atoms with Crippen molar-refractivity contribution in [1.82, 2.24) is 9.62 Å². The lowest BCUT2D eigenvalue weighted by molar-refractivity contribution is 0.0786. The summed E-state index contributed by atoms with van der Waals surface area (Å²) in [6, 6.07) is 9.75. The van der Waals surface area contributed by atoms with Gasteiger partial charge in [-0.15, -0.1) is 17.8 Å². The molecule has 1 amide bonds. The van der Waals surface area contributed by atoms with Crippen molar-refractivity contribution in [2.24, 2.45) is 0 Å². The Morgan fingerprint density at radius 2 is 2.12 bits per heavy atom. The largest absolute Gasteiger partial charge is 0.337 e. The van der Waals surface area contributed by atoms with Crippen LogP contribution >= 0.6 is 27.3 Å². The molecule has 24 heavy (non-hydrogen) atoms. The van der Waals surface area contributed by atoms with Crippen LogP contribution in [0.4, 0.5) is 0 Å². The van der Waals surface area contributed by atoms with Crippen molar-refractivity contribution in [3.8, 4) is 12.3 Å². The number of thiophene rings is 1. The monoisotopic (exact) mass is 426 g/mol. The minimum Gasteiger partial charge on any atom is -0.337 e. The SMILES string of the molecule is C#CCNS(=O)(=O)c1cccc(C(=O)N(C)Cc2ccc(Br)s2)c1. The van der Waals surface area contributed by atoms with E-state index in [1.807, 2.05) is 12.1 Å². The Labute approximate surface area is 153 Å². The van der Waals surface area contributed by atoms with Gasteiger partial charge in [0.05, 0.1) is 21.8 Å². The maximum absolute atomic E-state index is 12.5. The van der Waals surface area contributed by atoms with Crippen LogP contribution in [0.25, 0.3) is 0 Å². The molecule has 126 valence electrons. The highest BCUT2D eigenvalue weighted by molar-refractivity contribution is 9.11. The van der Waals surface area contributed by atoms with Crippen LogP contribution in [0.5, 0.6) is 0 Å². The van der Waals surface area contributed by atoms with Crippen molar-refractivity contribution < 1.29 is 13.2 Å². The zero-order valence-electron chi connectivity index (χ0n) is 12.8. The molecular weight excluding hydrogens is 412 g/mol. The zero-order chi connectivity index (χ0) is 17.7. The summed E-state index contributed by atoms with van der Waals surface area (Å²) in [5, 5.41) is 0. The molecule has 0 spiro atoms. The Morgan fingerprint density at radius 3 is 2.75 bits per heavy atom. The Balaban J connectivity index is 2.18. The van der Waals surface area contributed by atoms with Crippen LogP contribution in [0.3, 0.4) is 0 Å². The van der Waals surface area contributed by atoms with Gasteiger partial charge in [-0.1, -0.05) is 12.0 Å². The quantitative estimate of drug-likeness (QED) is 0.721. The van der Waals surface area contributed by atoms with Gasteiger partial charge in [0, 0.05) is 17.5 Å². The van der Waals surface area contributed by atoms with Gasteiger partial charge < -0.3 is 4.90 Å². The fraction of sp³-hybridized carbons (Fsp3) is 0.188. The van der Waals surface area contributed by atoms with Gasteiger partial charge in [0.15, 0.2) is 0 Å². The highest BCUT2D eigenvalue weighted by Gasteiger charge is 2.18. The number of amides is 1. The highest BCUT2D eigenvalue weighted by Crippen LogP contribution is 2.23. The highest BCUT2D eigenvalue weighted by atomic mass is 79.9. The molecule has 8 heteroatoms. The molecule has 2 rings (SSSR count). The van der Waals surface area contributed by atoms with Crippen molar-refractivity contribution in [2.75, 3.05) is 13.6 Å². The fourth-order valence-corrected chi connectivity index (χ4v) is 4.50. The first-order chi connectivity index (χ1) is 11.3. The summed E-state index contributed by atoms with van der Waals surface area (Å²) < 4.78 is 27.5. The number of terminal acetylenes is 1. The first-order valence-electron chi connectivity index (χ1n) is 6.86. The molecular formula is C16H15BrN2O3S2. The van der Waals surface area contributed by atoms with Crippen LogP contribution in [-0.2, 0) is 16.6 Å². The number of nitrogens with one attached hydrogen (secondary N) is 1. The number of sulfonamides is 1. The van der Waals surface area contributed by atoms with Crippen LogP contribution in [-0.4, -0.2) is 32.8 Å². The molecule has 5 nitrogen and oxygen atoms in total. The van der Waals surface area contributed by atoms with E-state index in [-0.39, 0.29) is 17.3 Å². The molecule has 0 aliphatic carbocycles. The first-order valence-corrected chi connectivity index (χ1v) is 9.95. The van der Waals surface area contributed by atoms with E-state index < -0.39 is 10.0 Å². The Kier molecular flexibility index (Phi) is 6.18. The topological polar surface area (TPSA) is 66.5 Å². The van der Waals surface area contributed by atoms with Crippen molar-refractivity contribution in [1.29, 1.82) is 0 Å². The van der Waals surface area contributed by atoms with Crippen molar-refractivity contribution in [2.45, 2.75) is 11.4 Å². The van der Waals surface area contributed by atoms with Gasteiger partial charge in [0.1, 0.15) is 0 Å². The third-order valence-electron chi connectivity index (χ3n) is 3.12. The normalized spacial score (nSPS) is 11.0. The van der Waals surface area contributed by atoms with Crippen LogP contribution in [0.1, 0.15) is 15.2 Å². The molecule has 0 saturated heterocycles. The van der Waals surface area contributed by atoms with E-state index in [9.17, 15) is 13.2 Å². The number of benzene rings is 1. The third kappa shape index (κ3) is 4.68. The molecule has 0 saturated carbocycles. The van der Waals surface area contributed by atoms with E-state index in [1.54, 1.807) is 29.4 Å². The molecule has 0 atom stereocenters. The lowest BCUT2D eigenvalue weighted by atomic mass is 10.2. The standard InChI is InChI=1S/C16H15BrN2O3S2/c1-3-9-18-24(21,22)14-6-4-5-12(10-14)16(20)19(2)11-13-7-8-15(17)23-13/h1,4-8,10,18H,9,11H2,2H3. The van der Waals surface area contributed by atoms with Crippen LogP contribution in [0.15, 0.2) is 45.1 Å². The lowest BCUT2D eigenvalue weighted by Crippen LogP contribution is -2.27. The Morgan fingerprint density at radius 1 is 1.38 bits per heavy atom. The number of hydrogen-bond acceptors (Lipinski definition) is 4. The van der Waals surface area contributed by atoms with Gasteiger partial charge in [-0.2, -0.15) is 4.72 Å². The third-order valence-corrected chi connectivity index (χ3v) is 6.13. The maximum atomic E-state index is 12.5. The summed E-state index contributed by atoms with van der Waals surface area (Å²) in [5.74, 6) is 1.95. The average molecular weight is 427 g/mol. The number of rotatable bonds is 6. The molecule has 1 N–H and O–H groups in total. The molecule has 2 aromatic rings. The number of carbonyl (C=O) groups is 1. The minimum atomic E-state index is -3.73. The van der Waals surface area contributed by atoms with Gasteiger partial charge in [-0.05, 0) is 46.3 Å². The minimum absolute atomic E-state index is 0.0101. The number of hydrogen-bond donors (Lipinski definition) is 1. The molecule has 0 aliphatic rings. The van der Waals surface area contributed by atoms with Gasteiger partial charge in [-0.25, -0.2) is 8.42 Å². The van der Waals surface area contributed by atoms with Crippen LogP contribution in [0, 0.1) is 12.3 Å². The second kappa shape index (κ2) is 7.94. The van der Waals surface area contributed by atoms with Gasteiger partial charge >= 0.3 is 0 Å². The predicted molar refractivity (Wildman–Crippen MR) is 98.3 cm³/mol. The van der Waals surface area contributed by atoms with Crippen molar-refractivity contribution in [3.63, 3.8) is 0 Å². The molecule has 0 bridgehead atoms. The number of halogens is 1. The molecule has 0 radical (unpaired) electrons. The summed E-state index contributed by atoms with van der Waals surface area (Å²) in [4.78, 5) is 15.1. The Hall–Kier alpha value is -1.66. The van der Waals surface area contributed by atoms with Gasteiger partial charge in [0.2, 0.25) is 10.0 Å². The van der Waals surface area contributed by atoms with E-state index in [0.717, 1.165) is 8.66 Å². The average Bonchev–Trinajstić information content (AvgIpc) is 2.97. The van der Waals surface area contributed by atoms with Gasteiger partial charge in [0.25, 0.3) is 5.91 Å². The second-order valence-electron chi connectivity index (χ2n) is 4.92. The molecule has 1 heterocycles.